The van der Waals surface area contributed by atoms with Crippen molar-refractivity contribution >= 4 is 23.1 Å². The number of hydrogen-bond donors (Lipinski definition) is 1. The second-order valence-electron chi connectivity index (χ2n) is 7.53. The molecular formula is C22H22N4O6. The molecule has 166 valence electrons. The van der Waals surface area contributed by atoms with E-state index in [9.17, 15) is 24.8 Å². The van der Waals surface area contributed by atoms with Crippen molar-refractivity contribution in [3.8, 4) is 0 Å². The van der Waals surface area contributed by atoms with Crippen LogP contribution >= 0.6 is 0 Å². The minimum Gasteiger partial charge on any atom is -0.507 e. The van der Waals surface area contributed by atoms with Crippen LogP contribution in [0.25, 0.3) is 5.76 Å². The summed E-state index contributed by atoms with van der Waals surface area (Å²) in [4.78, 5) is 43.9. The quantitative estimate of drug-likeness (QED) is 0.238. The van der Waals surface area contributed by atoms with Gasteiger partial charge < -0.3 is 14.7 Å². The van der Waals surface area contributed by atoms with E-state index in [4.69, 9.17) is 4.74 Å². The summed E-state index contributed by atoms with van der Waals surface area (Å²) in [6.07, 6.45) is 2.95. The van der Waals surface area contributed by atoms with Crippen molar-refractivity contribution < 1.29 is 24.4 Å². The van der Waals surface area contributed by atoms with Gasteiger partial charge in [0.2, 0.25) is 0 Å². The number of carbonyl (C=O) groups is 2. The lowest BCUT2D eigenvalue weighted by Gasteiger charge is -2.31. The van der Waals surface area contributed by atoms with Crippen molar-refractivity contribution in [1.82, 2.24) is 14.8 Å². The van der Waals surface area contributed by atoms with Gasteiger partial charge in [-0.15, -0.1) is 0 Å². The Morgan fingerprint density at radius 1 is 1.09 bits per heavy atom. The first-order chi connectivity index (χ1) is 15.5. The van der Waals surface area contributed by atoms with Crippen LogP contribution in [0.2, 0.25) is 0 Å². The zero-order valence-corrected chi connectivity index (χ0v) is 17.2. The molecule has 1 amide bonds. The van der Waals surface area contributed by atoms with E-state index in [0.717, 1.165) is 13.1 Å². The second-order valence-corrected chi connectivity index (χ2v) is 7.53. The third-order valence-corrected chi connectivity index (χ3v) is 5.67. The molecule has 0 bridgehead atoms. The highest BCUT2D eigenvalue weighted by atomic mass is 16.6. The standard InChI is InChI=1S/C22H22N4O6/c27-20(16-5-7-23-8-6-16)18-19(15-1-3-17(4-2-15)26(30)31)25(22(29)21(18)28)10-9-24-11-13-32-14-12-24/h1-8,19,27H,9-14H2/b20-18+. The lowest BCUT2D eigenvalue weighted by Crippen LogP contribution is -2.42. The number of nitro benzene ring substituents is 1. The minimum absolute atomic E-state index is 0.0444. The molecule has 2 aliphatic heterocycles. The first kappa shape index (κ1) is 21.6. The Morgan fingerprint density at radius 3 is 2.38 bits per heavy atom. The smallest absolute Gasteiger partial charge is 0.295 e. The Morgan fingerprint density at radius 2 is 1.75 bits per heavy atom. The number of pyridine rings is 1. The Hall–Kier alpha value is -3.63. The van der Waals surface area contributed by atoms with Crippen molar-refractivity contribution in [3.05, 3.63) is 75.6 Å². The number of aliphatic hydroxyl groups is 1. The Bertz CT molecular complexity index is 1050. The molecule has 10 heteroatoms. The molecule has 2 aromatic rings. The largest absolute Gasteiger partial charge is 0.507 e. The van der Waals surface area contributed by atoms with E-state index in [1.54, 1.807) is 12.1 Å². The van der Waals surface area contributed by atoms with E-state index in [1.807, 2.05) is 0 Å². The summed E-state index contributed by atoms with van der Waals surface area (Å²) in [7, 11) is 0. The van der Waals surface area contributed by atoms with E-state index >= 15 is 0 Å². The van der Waals surface area contributed by atoms with Crippen LogP contribution in [0.3, 0.4) is 0 Å². The van der Waals surface area contributed by atoms with Crippen molar-refractivity contribution in [2.24, 2.45) is 0 Å². The van der Waals surface area contributed by atoms with Gasteiger partial charge in [0.05, 0.1) is 29.8 Å². The molecule has 2 aliphatic rings. The summed E-state index contributed by atoms with van der Waals surface area (Å²) < 4.78 is 5.35. The number of ether oxygens (including phenoxy) is 1. The van der Waals surface area contributed by atoms with Gasteiger partial charge >= 0.3 is 0 Å². The van der Waals surface area contributed by atoms with Gasteiger partial charge in [0.1, 0.15) is 5.76 Å². The predicted molar refractivity (Wildman–Crippen MR) is 114 cm³/mol. The summed E-state index contributed by atoms with van der Waals surface area (Å²) in [5, 5.41) is 22.0. The summed E-state index contributed by atoms with van der Waals surface area (Å²) >= 11 is 0. The van der Waals surface area contributed by atoms with Crippen LogP contribution in [0.5, 0.6) is 0 Å². The average molecular weight is 438 g/mol. The maximum atomic E-state index is 13.0. The topological polar surface area (TPSA) is 126 Å². The summed E-state index contributed by atoms with van der Waals surface area (Å²) in [6, 6.07) is 7.90. The molecule has 2 fully saturated rings. The zero-order valence-electron chi connectivity index (χ0n) is 17.2. The van der Waals surface area contributed by atoms with Crippen molar-refractivity contribution in [3.63, 3.8) is 0 Å². The van der Waals surface area contributed by atoms with Gasteiger partial charge in [-0.2, -0.15) is 0 Å². The maximum Gasteiger partial charge on any atom is 0.295 e. The number of carbonyl (C=O) groups excluding carboxylic acids is 2. The van der Waals surface area contributed by atoms with E-state index in [0.29, 0.717) is 30.9 Å². The zero-order chi connectivity index (χ0) is 22.7. The van der Waals surface area contributed by atoms with Crippen LogP contribution in [-0.4, -0.2) is 75.9 Å². The number of aliphatic hydroxyl groups excluding tert-OH is 1. The van der Waals surface area contributed by atoms with Crippen LogP contribution in [-0.2, 0) is 14.3 Å². The van der Waals surface area contributed by atoms with E-state index in [1.165, 1.54) is 41.6 Å². The summed E-state index contributed by atoms with van der Waals surface area (Å²) in [5.41, 5.74) is 0.718. The lowest BCUT2D eigenvalue weighted by atomic mass is 9.95. The maximum absolute atomic E-state index is 13.0. The lowest BCUT2D eigenvalue weighted by molar-refractivity contribution is -0.384. The van der Waals surface area contributed by atoms with Gasteiger partial charge in [0.25, 0.3) is 17.4 Å². The molecule has 1 atom stereocenters. The summed E-state index contributed by atoms with van der Waals surface area (Å²) in [6.45, 7) is 3.46. The number of hydrogen-bond acceptors (Lipinski definition) is 8. The van der Waals surface area contributed by atoms with E-state index < -0.39 is 22.7 Å². The third kappa shape index (κ3) is 4.23. The van der Waals surface area contributed by atoms with Gasteiger partial charge in [-0.3, -0.25) is 29.6 Å². The number of morpholine rings is 1. The molecule has 1 aromatic heterocycles. The van der Waals surface area contributed by atoms with Crippen LogP contribution in [0.4, 0.5) is 5.69 Å². The first-order valence-corrected chi connectivity index (χ1v) is 10.2. The van der Waals surface area contributed by atoms with Crippen molar-refractivity contribution in [2.45, 2.75) is 6.04 Å². The number of ketones is 1. The van der Waals surface area contributed by atoms with Crippen LogP contribution in [0.15, 0.2) is 54.4 Å². The van der Waals surface area contributed by atoms with Crippen LogP contribution in [0.1, 0.15) is 17.2 Å². The number of rotatable bonds is 6. The van der Waals surface area contributed by atoms with Crippen molar-refractivity contribution in [2.75, 3.05) is 39.4 Å². The number of benzene rings is 1. The SMILES string of the molecule is O=C1C(=O)N(CCN2CCOCC2)C(c2ccc([N+](=O)[O-])cc2)/C1=C(\O)c1ccncc1. The van der Waals surface area contributed by atoms with Crippen molar-refractivity contribution in [1.29, 1.82) is 0 Å². The monoisotopic (exact) mass is 438 g/mol. The number of nitro groups is 1. The minimum atomic E-state index is -0.856. The molecule has 0 aliphatic carbocycles. The molecule has 32 heavy (non-hydrogen) atoms. The average Bonchev–Trinajstić information content (AvgIpc) is 3.08. The third-order valence-electron chi connectivity index (χ3n) is 5.67. The number of aromatic nitrogens is 1. The number of likely N-dealkylation sites (tertiary alicyclic amines) is 1. The fraction of sp³-hybridized carbons (Fsp3) is 0.318. The number of nitrogens with zero attached hydrogens (tertiary/aromatic N) is 4. The molecule has 0 spiro atoms. The number of non-ortho nitro benzene ring substituents is 1. The second kappa shape index (κ2) is 9.25. The van der Waals surface area contributed by atoms with Gasteiger partial charge in [-0.05, 0) is 29.8 Å². The molecule has 4 rings (SSSR count). The van der Waals surface area contributed by atoms with Gasteiger partial charge in [-0.1, -0.05) is 0 Å². The highest BCUT2D eigenvalue weighted by molar-refractivity contribution is 6.46. The molecule has 1 N–H and O–H groups in total. The van der Waals surface area contributed by atoms with Crippen LogP contribution < -0.4 is 0 Å². The van der Waals surface area contributed by atoms with Gasteiger partial charge in [-0.25, -0.2) is 0 Å². The van der Waals surface area contributed by atoms with Gasteiger partial charge in [0.15, 0.2) is 0 Å². The highest BCUT2D eigenvalue weighted by Crippen LogP contribution is 2.39. The number of Topliss-reactive ketones (excluding diaryl/α,β-unsaturated/α-hetero) is 1. The van der Waals surface area contributed by atoms with Gasteiger partial charge in [0, 0.05) is 56.3 Å². The Labute approximate surface area is 183 Å². The van der Waals surface area contributed by atoms with E-state index in [2.05, 4.69) is 9.88 Å². The van der Waals surface area contributed by atoms with Crippen LogP contribution in [0, 0.1) is 10.1 Å². The molecule has 3 heterocycles. The number of amides is 1. The predicted octanol–water partition coefficient (Wildman–Crippen LogP) is 1.74. The summed E-state index contributed by atoms with van der Waals surface area (Å²) in [5.74, 6) is -1.80. The molecule has 10 nitrogen and oxygen atoms in total. The molecule has 1 aromatic carbocycles. The normalized spacial score (nSPS) is 21.1. The molecular weight excluding hydrogens is 416 g/mol. The molecule has 0 saturated carbocycles. The van der Waals surface area contributed by atoms with E-state index in [-0.39, 0.29) is 23.6 Å². The fourth-order valence-electron chi connectivity index (χ4n) is 3.97. The first-order valence-electron chi connectivity index (χ1n) is 10.2. The molecule has 0 radical (unpaired) electrons. The molecule has 1 unspecified atom stereocenters. The Kier molecular flexibility index (Phi) is 6.24. The fourth-order valence-corrected chi connectivity index (χ4v) is 3.97. The Balaban J connectivity index is 1.73. The highest BCUT2D eigenvalue weighted by Gasteiger charge is 2.46. The molecule has 2 saturated heterocycles.